The second-order valence-corrected chi connectivity index (χ2v) is 6.59. The summed E-state index contributed by atoms with van der Waals surface area (Å²) in [6, 6.07) is 13.0. The van der Waals surface area contributed by atoms with Crippen LogP contribution in [0.1, 0.15) is 40.9 Å². The Kier molecular flexibility index (Phi) is 8.37. The van der Waals surface area contributed by atoms with Crippen molar-refractivity contribution >= 4 is 11.8 Å². The van der Waals surface area contributed by atoms with E-state index in [4.69, 9.17) is 10.9 Å². The molecule has 0 spiro atoms. The molecule has 7 nitrogen and oxygen atoms in total. The summed E-state index contributed by atoms with van der Waals surface area (Å²) in [6.07, 6.45) is 0. The van der Waals surface area contributed by atoms with Crippen molar-refractivity contribution < 1.29 is 14.8 Å². The highest BCUT2D eigenvalue weighted by Gasteiger charge is 2.24. The molecule has 0 fully saturated rings. The van der Waals surface area contributed by atoms with Gasteiger partial charge in [-0.2, -0.15) is 0 Å². The lowest BCUT2D eigenvalue weighted by atomic mass is 10.1. The number of nitrogens with two attached hydrogens (primary N) is 1. The summed E-state index contributed by atoms with van der Waals surface area (Å²) in [4.78, 5) is 23.9. The second kappa shape index (κ2) is 11.0. The number of carbonyl (C=O) groups excluding carboxylic acids is 2. The molecule has 152 valence electrons. The molecular formula is C22H26N4O3. The molecule has 0 aliphatic heterocycles. The summed E-state index contributed by atoms with van der Waals surface area (Å²) >= 11 is 0. The molecule has 2 rings (SSSR count). The maximum atomic E-state index is 12.3. The Morgan fingerprint density at radius 2 is 1.59 bits per heavy atom. The van der Waals surface area contributed by atoms with Gasteiger partial charge in [-0.05, 0) is 55.4 Å². The van der Waals surface area contributed by atoms with Crippen LogP contribution < -0.4 is 21.8 Å². The Hall–Kier alpha value is -3.18. The predicted octanol–water partition coefficient (Wildman–Crippen LogP) is 1.15. The minimum Gasteiger partial charge on any atom is -0.339 e. The molecule has 2 amide bonds. The molecule has 0 saturated carbocycles. The lowest BCUT2D eigenvalue weighted by Crippen LogP contribution is -2.54. The van der Waals surface area contributed by atoms with E-state index in [1.54, 1.807) is 31.2 Å². The van der Waals surface area contributed by atoms with Gasteiger partial charge in [0.15, 0.2) is 0 Å². The van der Waals surface area contributed by atoms with Crippen LogP contribution in [0.3, 0.4) is 0 Å². The van der Waals surface area contributed by atoms with Gasteiger partial charge in [0.2, 0.25) is 0 Å². The number of hydrogen-bond acceptors (Lipinski definition) is 5. The topological polar surface area (TPSA) is 116 Å². The molecular weight excluding hydrogens is 368 g/mol. The molecule has 6 N–H and O–H groups in total. The Balaban J connectivity index is 2.02. The van der Waals surface area contributed by atoms with E-state index in [9.17, 15) is 9.59 Å². The van der Waals surface area contributed by atoms with E-state index in [-0.39, 0.29) is 0 Å². The van der Waals surface area contributed by atoms with Crippen molar-refractivity contribution in [1.82, 2.24) is 16.1 Å². The molecule has 0 saturated heterocycles. The summed E-state index contributed by atoms with van der Waals surface area (Å²) in [5.41, 5.74) is 10.4. The minimum absolute atomic E-state index is 0.361. The van der Waals surface area contributed by atoms with Gasteiger partial charge in [0.05, 0.1) is 0 Å². The fourth-order valence-electron chi connectivity index (χ4n) is 2.55. The SMILES string of the molecule is CCNCc1ccc(C#Cc2ccc(C(=O)N[C@H](C(=O)NO)[C@@H](C)N)cc2)cc1. The van der Waals surface area contributed by atoms with Crippen LogP contribution in [0.4, 0.5) is 0 Å². The highest BCUT2D eigenvalue weighted by Crippen LogP contribution is 2.06. The van der Waals surface area contributed by atoms with Gasteiger partial charge in [0.25, 0.3) is 11.8 Å². The summed E-state index contributed by atoms with van der Waals surface area (Å²) in [5.74, 6) is 4.92. The fourth-order valence-corrected chi connectivity index (χ4v) is 2.55. The van der Waals surface area contributed by atoms with Gasteiger partial charge < -0.3 is 16.4 Å². The van der Waals surface area contributed by atoms with E-state index in [1.807, 2.05) is 24.3 Å². The molecule has 0 radical (unpaired) electrons. The van der Waals surface area contributed by atoms with Crippen molar-refractivity contribution in [2.24, 2.45) is 5.73 Å². The van der Waals surface area contributed by atoms with E-state index in [0.29, 0.717) is 5.56 Å². The van der Waals surface area contributed by atoms with Gasteiger partial charge in [-0.15, -0.1) is 0 Å². The van der Waals surface area contributed by atoms with Crippen LogP contribution in [0.2, 0.25) is 0 Å². The quantitative estimate of drug-likeness (QED) is 0.274. The molecule has 0 heterocycles. The molecule has 0 aliphatic carbocycles. The van der Waals surface area contributed by atoms with E-state index in [0.717, 1.165) is 24.2 Å². The van der Waals surface area contributed by atoms with Crippen LogP contribution >= 0.6 is 0 Å². The van der Waals surface area contributed by atoms with Gasteiger partial charge in [-0.1, -0.05) is 30.9 Å². The standard InChI is InChI=1S/C22H26N4O3/c1-3-24-14-18-8-6-16(7-9-18)4-5-17-10-12-19(13-11-17)21(27)25-20(15(2)23)22(28)26-29/h6-13,15,20,24,29H,3,14,23H2,1-2H3,(H,25,27)(H,26,28)/t15-,20+/m1/s1. The van der Waals surface area contributed by atoms with Crippen LogP contribution in [-0.4, -0.2) is 35.7 Å². The van der Waals surface area contributed by atoms with Gasteiger partial charge in [0.1, 0.15) is 6.04 Å². The smallest absolute Gasteiger partial charge is 0.267 e. The van der Waals surface area contributed by atoms with Gasteiger partial charge in [0, 0.05) is 29.3 Å². The number of carbonyl (C=O) groups is 2. The number of hydroxylamine groups is 1. The normalized spacial score (nSPS) is 12.3. The molecule has 0 aliphatic rings. The zero-order valence-corrected chi connectivity index (χ0v) is 16.5. The zero-order valence-electron chi connectivity index (χ0n) is 16.5. The van der Waals surface area contributed by atoms with Crippen LogP contribution in [0.25, 0.3) is 0 Å². The van der Waals surface area contributed by atoms with E-state index >= 15 is 0 Å². The van der Waals surface area contributed by atoms with Crippen molar-refractivity contribution in [2.45, 2.75) is 32.5 Å². The molecule has 2 aromatic rings. The maximum absolute atomic E-state index is 12.3. The Labute approximate surface area is 170 Å². The number of rotatable bonds is 7. The lowest BCUT2D eigenvalue weighted by Gasteiger charge is -2.20. The first-order valence-corrected chi connectivity index (χ1v) is 9.36. The van der Waals surface area contributed by atoms with Crippen molar-refractivity contribution in [3.63, 3.8) is 0 Å². The van der Waals surface area contributed by atoms with Crippen LogP contribution in [0.5, 0.6) is 0 Å². The first-order chi connectivity index (χ1) is 13.9. The molecule has 0 bridgehead atoms. The van der Waals surface area contributed by atoms with Gasteiger partial charge in [-0.3, -0.25) is 14.8 Å². The third-order valence-corrected chi connectivity index (χ3v) is 4.24. The molecule has 2 aromatic carbocycles. The van der Waals surface area contributed by atoms with Crippen LogP contribution in [0.15, 0.2) is 48.5 Å². The van der Waals surface area contributed by atoms with E-state index in [1.165, 1.54) is 11.0 Å². The Morgan fingerprint density at radius 3 is 2.07 bits per heavy atom. The van der Waals surface area contributed by atoms with E-state index in [2.05, 4.69) is 29.4 Å². The summed E-state index contributed by atoms with van der Waals surface area (Å²) in [6.45, 7) is 5.39. The third-order valence-electron chi connectivity index (χ3n) is 4.24. The average molecular weight is 394 g/mol. The molecule has 7 heteroatoms. The third kappa shape index (κ3) is 6.73. The first-order valence-electron chi connectivity index (χ1n) is 9.36. The Bertz CT molecular complexity index is 881. The molecule has 2 atom stereocenters. The van der Waals surface area contributed by atoms with Crippen molar-refractivity contribution in [3.8, 4) is 11.8 Å². The van der Waals surface area contributed by atoms with E-state index < -0.39 is 23.9 Å². The van der Waals surface area contributed by atoms with Crippen LogP contribution in [-0.2, 0) is 11.3 Å². The number of nitrogens with one attached hydrogen (secondary N) is 3. The number of benzene rings is 2. The predicted molar refractivity (Wildman–Crippen MR) is 111 cm³/mol. The molecule has 29 heavy (non-hydrogen) atoms. The van der Waals surface area contributed by atoms with Gasteiger partial charge in [-0.25, -0.2) is 5.48 Å². The first kappa shape index (κ1) is 22.1. The maximum Gasteiger partial charge on any atom is 0.267 e. The van der Waals surface area contributed by atoms with Crippen molar-refractivity contribution in [2.75, 3.05) is 6.54 Å². The monoisotopic (exact) mass is 394 g/mol. The second-order valence-electron chi connectivity index (χ2n) is 6.59. The van der Waals surface area contributed by atoms with Crippen molar-refractivity contribution in [1.29, 1.82) is 0 Å². The van der Waals surface area contributed by atoms with Crippen molar-refractivity contribution in [3.05, 3.63) is 70.8 Å². The summed E-state index contributed by atoms with van der Waals surface area (Å²) < 4.78 is 0. The zero-order chi connectivity index (χ0) is 21.2. The number of amides is 2. The van der Waals surface area contributed by atoms with Gasteiger partial charge >= 0.3 is 0 Å². The molecule has 0 aromatic heterocycles. The fraction of sp³-hybridized carbons (Fsp3) is 0.273. The summed E-state index contributed by atoms with van der Waals surface area (Å²) in [5, 5.41) is 14.5. The van der Waals surface area contributed by atoms with Crippen LogP contribution in [0, 0.1) is 11.8 Å². The largest absolute Gasteiger partial charge is 0.339 e. The highest BCUT2D eigenvalue weighted by atomic mass is 16.5. The summed E-state index contributed by atoms with van der Waals surface area (Å²) in [7, 11) is 0. The molecule has 0 unspecified atom stereocenters. The average Bonchev–Trinajstić information content (AvgIpc) is 2.74. The Morgan fingerprint density at radius 1 is 1.03 bits per heavy atom. The lowest BCUT2D eigenvalue weighted by molar-refractivity contribution is -0.131. The minimum atomic E-state index is -1.04. The highest BCUT2D eigenvalue weighted by molar-refractivity contribution is 5.97. The number of hydrogen-bond donors (Lipinski definition) is 5.